The molecule has 1 aromatic carbocycles. The Morgan fingerprint density at radius 1 is 1.25 bits per heavy atom. The van der Waals surface area contributed by atoms with Crippen molar-refractivity contribution < 1.29 is 14.2 Å². The molecule has 0 fully saturated rings. The van der Waals surface area contributed by atoms with E-state index in [9.17, 15) is 4.39 Å². The van der Waals surface area contributed by atoms with Crippen molar-refractivity contribution in [1.29, 1.82) is 0 Å². The molecular weight excluding hydrogens is 256 g/mol. The minimum absolute atomic E-state index is 0.0158. The average Bonchev–Trinajstić information content (AvgIpc) is 2.20. The van der Waals surface area contributed by atoms with Crippen molar-refractivity contribution >= 4 is 28.9 Å². The number of nitrogens with one attached hydrogen (secondary N) is 1. The first-order valence-electron chi connectivity index (χ1n) is 4.72. The fraction of sp³-hybridized carbons (Fsp3) is 0.400. The van der Waals surface area contributed by atoms with Gasteiger partial charge in [0, 0.05) is 6.54 Å². The first kappa shape index (κ1) is 13.5. The van der Waals surface area contributed by atoms with Crippen LogP contribution in [0.3, 0.4) is 0 Å². The third kappa shape index (κ3) is 4.14. The summed E-state index contributed by atoms with van der Waals surface area (Å²) in [5.41, 5.74) is 0.484. The maximum atomic E-state index is 12.8. The van der Waals surface area contributed by atoms with E-state index in [4.69, 9.17) is 33.0 Å². The minimum Gasteiger partial charge on any atom is -0.394 e. The van der Waals surface area contributed by atoms with Crippen molar-refractivity contribution in [3.63, 3.8) is 0 Å². The van der Waals surface area contributed by atoms with Crippen LogP contribution in [0.5, 0.6) is 0 Å². The second-order valence-corrected chi connectivity index (χ2v) is 3.82. The standard InChI is InChI=1S/C10H12Cl2FNO2/c11-8-5-7(13)6-9(12)10(8)14-1-3-16-4-2-15/h5-6,14-15H,1-4H2. The third-order valence-electron chi connectivity index (χ3n) is 1.79. The molecule has 0 radical (unpaired) electrons. The van der Waals surface area contributed by atoms with Gasteiger partial charge < -0.3 is 15.2 Å². The summed E-state index contributed by atoms with van der Waals surface area (Å²) in [6.07, 6.45) is 0. The third-order valence-corrected chi connectivity index (χ3v) is 2.39. The van der Waals surface area contributed by atoms with Crippen molar-refractivity contribution in [2.45, 2.75) is 0 Å². The molecule has 2 N–H and O–H groups in total. The van der Waals surface area contributed by atoms with E-state index in [0.29, 0.717) is 18.8 Å². The molecule has 0 spiro atoms. The Morgan fingerprint density at radius 2 is 1.88 bits per heavy atom. The molecule has 1 aromatic rings. The summed E-state index contributed by atoms with van der Waals surface area (Å²) >= 11 is 11.6. The zero-order valence-corrected chi connectivity index (χ0v) is 9.98. The molecule has 0 unspecified atom stereocenters. The van der Waals surface area contributed by atoms with Crippen molar-refractivity contribution in [2.75, 3.05) is 31.7 Å². The highest BCUT2D eigenvalue weighted by molar-refractivity contribution is 6.39. The molecule has 16 heavy (non-hydrogen) atoms. The highest BCUT2D eigenvalue weighted by Crippen LogP contribution is 2.30. The van der Waals surface area contributed by atoms with Crippen LogP contribution in [-0.4, -0.2) is 31.5 Å². The van der Waals surface area contributed by atoms with Crippen LogP contribution in [-0.2, 0) is 4.74 Å². The minimum atomic E-state index is -0.475. The summed E-state index contributed by atoms with van der Waals surface area (Å²) < 4.78 is 17.9. The fourth-order valence-corrected chi connectivity index (χ4v) is 1.72. The molecule has 0 heterocycles. The first-order chi connectivity index (χ1) is 7.65. The predicted octanol–water partition coefficient (Wildman–Crippen LogP) is 2.55. The predicted molar refractivity (Wildman–Crippen MR) is 62.8 cm³/mol. The van der Waals surface area contributed by atoms with Gasteiger partial charge in [-0.25, -0.2) is 4.39 Å². The molecule has 0 amide bonds. The van der Waals surface area contributed by atoms with Gasteiger partial charge in [0.25, 0.3) is 0 Å². The van der Waals surface area contributed by atoms with Crippen LogP contribution in [0.2, 0.25) is 10.0 Å². The van der Waals surface area contributed by atoms with Gasteiger partial charge in [-0.05, 0) is 12.1 Å². The van der Waals surface area contributed by atoms with Crippen LogP contribution in [0, 0.1) is 5.82 Å². The lowest BCUT2D eigenvalue weighted by molar-refractivity contribution is 0.0992. The van der Waals surface area contributed by atoms with E-state index in [1.54, 1.807) is 0 Å². The number of benzene rings is 1. The lowest BCUT2D eigenvalue weighted by atomic mass is 10.3. The fourth-order valence-electron chi connectivity index (χ4n) is 1.13. The monoisotopic (exact) mass is 267 g/mol. The topological polar surface area (TPSA) is 41.5 Å². The van der Waals surface area contributed by atoms with Crippen molar-refractivity contribution in [1.82, 2.24) is 0 Å². The number of hydrogen-bond acceptors (Lipinski definition) is 3. The van der Waals surface area contributed by atoms with Crippen LogP contribution >= 0.6 is 23.2 Å². The number of hydrogen-bond donors (Lipinski definition) is 2. The van der Waals surface area contributed by atoms with E-state index >= 15 is 0 Å². The maximum Gasteiger partial charge on any atom is 0.126 e. The number of aliphatic hydroxyl groups is 1. The highest BCUT2D eigenvalue weighted by Gasteiger charge is 2.07. The molecule has 0 bridgehead atoms. The molecule has 0 aromatic heterocycles. The van der Waals surface area contributed by atoms with E-state index < -0.39 is 5.82 Å². The van der Waals surface area contributed by atoms with Crippen LogP contribution in [0.1, 0.15) is 0 Å². The molecule has 90 valence electrons. The molecule has 3 nitrogen and oxygen atoms in total. The summed E-state index contributed by atoms with van der Waals surface area (Å²) in [6.45, 7) is 1.15. The Hall–Kier alpha value is -0.550. The molecule has 0 atom stereocenters. The molecule has 6 heteroatoms. The second-order valence-electron chi connectivity index (χ2n) is 3.01. The number of ether oxygens (including phenoxy) is 1. The number of aliphatic hydroxyl groups excluding tert-OH is 1. The van der Waals surface area contributed by atoms with Crippen LogP contribution in [0.25, 0.3) is 0 Å². The van der Waals surface area contributed by atoms with E-state index in [0.717, 1.165) is 0 Å². The van der Waals surface area contributed by atoms with Crippen LogP contribution in [0.15, 0.2) is 12.1 Å². The number of rotatable bonds is 6. The van der Waals surface area contributed by atoms with E-state index in [-0.39, 0.29) is 23.3 Å². The highest BCUT2D eigenvalue weighted by atomic mass is 35.5. The Balaban J connectivity index is 2.47. The molecule has 0 aliphatic heterocycles. The lowest BCUT2D eigenvalue weighted by Crippen LogP contribution is -2.11. The number of halogens is 3. The summed E-state index contributed by atoms with van der Waals surface area (Å²) in [5.74, 6) is -0.475. The first-order valence-corrected chi connectivity index (χ1v) is 5.47. The largest absolute Gasteiger partial charge is 0.394 e. The van der Waals surface area contributed by atoms with Crippen molar-refractivity contribution in [2.24, 2.45) is 0 Å². The summed E-state index contributed by atoms with van der Waals surface area (Å²) in [4.78, 5) is 0. The van der Waals surface area contributed by atoms with Gasteiger partial charge in [0.2, 0.25) is 0 Å². The quantitative estimate of drug-likeness (QED) is 0.779. The average molecular weight is 268 g/mol. The van der Waals surface area contributed by atoms with E-state index in [1.165, 1.54) is 12.1 Å². The molecule has 0 saturated carbocycles. The lowest BCUT2D eigenvalue weighted by Gasteiger charge is -2.10. The van der Waals surface area contributed by atoms with Crippen LogP contribution < -0.4 is 5.32 Å². The van der Waals surface area contributed by atoms with E-state index in [1.807, 2.05) is 0 Å². The molecule has 0 aliphatic carbocycles. The van der Waals surface area contributed by atoms with Gasteiger partial charge in [0.05, 0.1) is 35.6 Å². The summed E-state index contributed by atoms with van der Waals surface area (Å²) in [5, 5.41) is 11.9. The molecular formula is C10H12Cl2FNO2. The normalized spacial score (nSPS) is 10.5. The maximum absolute atomic E-state index is 12.8. The van der Waals surface area contributed by atoms with Gasteiger partial charge in [0.15, 0.2) is 0 Å². The van der Waals surface area contributed by atoms with Crippen molar-refractivity contribution in [3.8, 4) is 0 Å². The van der Waals surface area contributed by atoms with Gasteiger partial charge in [-0.1, -0.05) is 23.2 Å². The zero-order valence-electron chi connectivity index (χ0n) is 8.47. The Labute approximate surface area is 103 Å². The smallest absolute Gasteiger partial charge is 0.126 e. The van der Waals surface area contributed by atoms with Gasteiger partial charge in [-0.15, -0.1) is 0 Å². The molecule has 1 rings (SSSR count). The van der Waals surface area contributed by atoms with Crippen molar-refractivity contribution in [3.05, 3.63) is 28.0 Å². The Morgan fingerprint density at radius 3 is 2.44 bits per heavy atom. The van der Waals surface area contributed by atoms with Gasteiger partial charge in [-0.3, -0.25) is 0 Å². The number of anilines is 1. The molecule has 0 saturated heterocycles. The van der Waals surface area contributed by atoms with Crippen LogP contribution in [0.4, 0.5) is 10.1 Å². The van der Waals surface area contributed by atoms with Gasteiger partial charge in [0.1, 0.15) is 5.82 Å². The van der Waals surface area contributed by atoms with E-state index in [2.05, 4.69) is 5.32 Å². The second kappa shape index (κ2) is 6.91. The summed E-state index contributed by atoms with van der Waals surface area (Å²) in [6, 6.07) is 2.37. The molecule has 0 aliphatic rings. The van der Waals surface area contributed by atoms with Gasteiger partial charge in [-0.2, -0.15) is 0 Å². The Bertz CT molecular complexity index is 327. The Kier molecular flexibility index (Phi) is 5.84. The van der Waals surface area contributed by atoms with Gasteiger partial charge >= 0.3 is 0 Å². The SMILES string of the molecule is OCCOCCNc1c(Cl)cc(F)cc1Cl. The summed E-state index contributed by atoms with van der Waals surface area (Å²) in [7, 11) is 0. The zero-order chi connectivity index (χ0) is 12.0.